The molecule has 0 amide bonds. The number of hydrogen-bond acceptors (Lipinski definition) is 2. The zero-order valence-corrected chi connectivity index (χ0v) is 9.67. The molecule has 2 heterocycles. The highest BCUT2D eigenvalue weighted by Gasteiger charge is 2.10. The van der Waals surface area contributed by atoms with Gasteiger partial charge in [0.15, 0.2) is 0 Å². The van der Waals surface area contributed by atoms with Crippen molar-refractivity contribution in [2.75, 3.05) is 13.1 Å². The van der Waals surface area contributed by atoms with Crippen LogP contribution in [0.5, 0.6) is 0 Å². The fourth-order valence-electron chi connectivity index (χ4n) is 1.83. The topological polar surface area (TPSA) is 29.9 Å². The number of rotatable bonds is 3. The van der Waals surface area contributed by atoms with E-state index in [1.54, 1.807) is 0 Å². The van der Waals surface area contributed by atoms with Crippen LogP contribution in [0.2, 0.25) is 0 Å². The highest BCUT2D eigenvalue weighted by atomic mass is 35.5. The van der Waals surface area contributed by atoms with Crippen molar-refractivity contribution in [1.29, 1.82) is 0 Å². The zero-order chi connectivity index (χ0) is 10.7. The molecule has 1 N–H and O–H groups in total. The smallest absolute Gasteiger partial charge is 0.108 e. The molecule has 4 heteroatoms. The van der Waals surface area contributed by atoms with Gasteiger partial charge in [0, 0.05) is 39.0 Å². The first kappa shape index (κ1) is 10.7. The van der Waals surface area contributed by atoms with E-state index in [0.717, 1.165) is 31.8 Å². The van der Waals surface area contributed by atoms with E-state index in [0.29, 0.717) is 0 Å². The fraction of sp³-hybridized carbons (Fsp3) is 0.545. The van der Waals surface area contributed by atoms with E-state index in [1.807, 2.05) is 19.4 Å². The van der Waals surface area contributed by atoms with Crippen molar-refractivity contribution in [2.45, 2.75) is 18.2 Å². The maximum Gasteiger partial charge on any atom is 0.108 e. The number of nitrogens with one attached hydrogen (secondary N) is 1. The molecule has 0 radical (unpaired) electrons. The molecule has 0 bridgehead atoms. The van der Waals surface area contributed by atoms with E-state index in [-0.39, 0.29) is 5.38 Å². The lowest BCUT2D eigenvalue weighted by atomic mass is 10.1. The van der Waals surface area contributed by atoms with Gasteiger partial charge in [-0.15, -0.1) is 11.6 Å². The Hall–Kier alpha value is -0.800. The van der Waals surface area contributed by atoms with Crippen molar-refractivity contribution in [3.63, 3.8) is 0 Å². The molecule has 82 valence electrons. The molecule has 1 unspecified atom stereocenters. The van der Waals surface area contributed by atoms with Crippen LogP contribution < -0.4 is 5.32 Å². The van der Waals surface area contributed by atoms with Crippen LogP contribution in [0.25, 0.3) is 0 Å². The third-order valence-corrected chi connectivity index (χ3v) is 2.98. The summed E-state index contributed by atoms with van der Waals surface area (Å²) in [4.78, 5) is 4.30. The fourth-order valence-corrected chi connectivity index (χ4v) is 2.11. The summed E-state index contributed by atoms with van der Waals surface area (Å²) in [7, 11) is 2.03. The van der Waals surface area contributed by atoms with Crippen molar-refractivity contribution in [2.24, 2.45) is 7.05 Å². The molecule has 0 aromatic carbocycles. The molecule has 0 saturated carbocycles. The van der Waals surface area contributed by atoms with E-state index < -0.39 is 0 Å². The number of alkyl halides is 1. The molecule has 15 heavy (non-hydrogen) atoms. The van der Waals surface area contributed by atoms with Crippen molar-refractivity contribution in [3.8, 4) is 0 Å². The Kier molecular flexibility index (Phi) is 3.44. The second kappa shape index (κ2) is 4.81. The van der Waals surface area contributed by atoms with Crippen LogP contribution in [0.3, 0.4) is 0 Å². The van der Waals surface area contributed by atoms with E-state index in [1.165, 1.54) is 5.57 Å². The minimum Gasteiger partial charge on any atom is -0.338 e. The van der Waals surface area contributed by atoms with E-state index in [9.17, 15) is 0 Å². The first-order valence-corrected chi connectivity index (χ1v) is 5.70. The van der Waals surface area contributed by atoms with Crippen LogP contribution in [-0.4, -0.2) is 28.0 Å². The number of aromatic nitrogens is 2. The lowest BCUT2D eigenvalue weighted by Crippen LogP contribution is -2.29. The van der Waals surface area contributed by atoms with Crippen LogP contribution in [0, 0.1) is 0 Å². The van der Waals surface area contributed by atoms with Gasteiger partial charge in [0.25, 0.3) is 0 Å². The monoisotopic (exact) mass is 225 g/mol. The summed E-state index contributed by atoms with van der Waals surface area (Å²) in [6.07, 6.45) is 8.02. The molecule has 2 rings (SSSR count). The molecule has 1 aromatic rings. The van der Waals surface area contributed by atoms with Gasteiger partial charge in [-0.25, -0.2) is 4.98 Å². The average molecular weight is 226 g/mol. The van der Waals surface area contributed by atoms with Crippen LogP contribution in [0.15, 0.2) is 24.0 Å². The largest absolute Gasteiger partial charge is 0.338 e. The minimum absolute atomic E-state index is 0.148. The number of imidazole rings is 1. The number of aryl methyl sites for hydroxylation is 2. The molecular weight excluding hydrogens is 210 g/mol. The van der Waals surface area contributed by atoms with E-state index >= 15 is 0 Å². The molecule has 3 nitrogen and oxygen atoms in total. The summed E-state index contributed by atoms with van der Waals surface area (Å²) in [5.74, 6) is 1.13. The number of nitrogens with zero attached hydrogens (tertiary/aromatic N) is 2. The highest BCUT2D eigenvalue weighted by molar-refractivity contribution is 6.22. The van der Waals surface area contributed by atoms with Gasteiger partial charge in [-0.3, -0.25) is 0 Å². The maximum atomic E-state index is 6.04. The number of hydrogen-bond donors (Lipinski definition) is 1. The first-order valence-electron chi connectivity index (χ1n) is 5.26. The Bertz CT molecular complexity index is 356. The van der Waals surface area contributed by atoms with Gasteiger partial charge in [-0.2, -0.15) is 0 Å². The summed E-state index contributed by atoms with van der Waals surface area (Å²) in [6, 6.07) is 0. The summed E-state index contributed by atoms with van der Waals surface area (Å²) < 4.78 is 2.06. The van der Waals surface area contributed by atoms with Crippen molar-refractivity contribution in [3.05, 3.63) is 29.9 Å². The Morgan fingerprint density at radius 3 is 3.13 bits per heavy atom. The summed E-state index contributed by atoms with van der Waals surface area (Å²) in [5, 5.41) is 3.45. The molecule has 0 fully saturated rings. The average Bonchev–Trinajstić information content (AvgIpc) is 2.61. The Balaban J connectivity index is 1.91. The molecular formula is C11H16ClN3. The third kappa shape index (κ3) is 2.83. The van der Waals surface area contributed by atoms with Gasteiger partial charge in [0.05, 0.1) is 5.38 Å². The lowest BCUT2D eigenvalue weighted by Gasteiger charge is -2.17. The van der Waals surface area contributed by atoms with Crippen LogP contribution in [0.4, 0.5) is 0 Å². The van der Waals surface area contributed by atoms with Gasteiger partial charge in [0.2, 0.25) is 0 Å². The SMILES string of the molecule is Cn1ccnc1CCC1=CC(Cl)CNC1. The van der Waals surface area contributed by atoms with Gasteiger partial charge >= 0.3 is 0 Å². The van der Waals surface area contributed by atoms with Gasteiger partial charge in [0.1, 0.15) is 5.82 Å². The molecule has 1 aliphatic heterocycles. The molecule has 1 aliphatic rings. The van der Waals surface area contributed by atoms with Crippen LogP contribution in [-0.2, 0) is 13.5 Å². The third-order valence-electron chi connectivity index (χ3n) is 2.70. The molecule has 1 aromatic heterocycles. The summed E-state index contributed by atoms with van der Waals surface area (Å²) in [5.41, 5.74) is 1.39. The first-order chi connectivity index (χ1) is 7.25. The second-order valence-corrected chi connectivity index (χ2v) is 4.49. The zero-order valence-electron chi connectivity index (χ0n) is 8.91. The minimum atomic E-state index is 0.148. The standard InChI is InChI=1S/C11H16ClN3/c1-15-5-4-14-11(15)3-2-9-6-10(12)8-13-7-9/h4-6,10,13H,2-3,7-8H2,1H3. The Morgan fingerprint density at radius 2 is 2.47 bits per heavy atom. The molecule has 0 saturated heterocycles. The van der Waals surface area contributed by atoms with Crippen LogP contribution >= 0.6 is 11.6 Å². The molecule has 0 aliphatic carbocycles. The van der Waals surface area contributed by atoms with E-state index in [4.69, 9.17) is 11.6 Å². The van der Waals surface area contributed by atoms with Crippen LogP contribution in [0.1, 0.15) is 12.2 Å². The molecule has 0 spiro atoms. The summed E-state index contributed by atoms with van der Waals surface area (Å²) in [6.45, 7) is 1.85. The maximum absolute atomic E-state index is 6.04. The Morgan fingerprint density at radius 1 is 1.60 bits per heavy atom. The normalized spacial score (nSPS) is 21.5. The Labute approximate surface area is 95.1 Å². The predicted octanol–water partition coefficient (Wildman–Crippen LogP) is 1.49. The van der Waals surface area contributed by atoms with Gasteiger partial charge < -0.3 is 9.88 Å². The summed E-state index contributed by atoms with van der Waals surface area (Å²) >= 11 is 6.04. The quantitative estimate of drug-likeness (QED) is 0.624. The predicted molar refractivity (Wildman–Crippen MR) is 62.1 cm³/mol. The van der Waals surface area contributed by atoms with Crippen molar-refractivity contribution < 1.29 is 0 Å². The highest BCUT2D eigenvalue weighted by Crippen LogP contribution is 2.13. The second-order valence-electron chi connectivity index (χ2n) is 3.93. The molecule has 1 atom stereocenters. The van der Waals surface area contributed by atoms with Crippen molar-refractivity contribution in [1.82, 2.24) is 14.9 Å². The lowest BCUT2D eigenvalue weighted by molar-refractivity contribution is 0.668. The van der Waals surface area contributed by atoms with Gasteiger partial charge in [-0.05, 0) is 6.42 Å². The number of halogens is 1. The van der Waals surface area contributed by atoms with Gasteiger partial charge in [-0.1, -0.05) is 11.6 Å². The van der Waals surface area contributed by atoms with E-state index in [2.05, 4.69) is 20.9 Å². The van der Waals surface area contributed by atoms with Crippen molar-refractivity contribution >= 4 is 11.6 Å².